The molecular formula is C12H17NO. The molecule has 0 aliphatic rings. The van der Waals surface area contributed by atoms with Gasteiger partial charge in [0.1, 0.15) is 0 Å². The van der Waals surface area contributed by atoms with Gasteiger partial charge in [-0.3, -0.25) is 4.79 Å². The van der Waals surface area contributed by atoms with Crippen molar-refractivity contribution in [3.63, 3.8) is 0 Å². The zero-order valence-corrected chi connectivity index (χ0v) is 8.95. The van der Waals surface area contributed by atoms with Gasteiger partial charge in [-0.1, -0.05) is 38.1 Å². The smallest absolute Gasteiger partial charge is 0.179 e. The van der Waals surface area contributed by atoms with Crippen LogP contribution in [0.3, 0.4) is 0 Å². The number of carbonyl (C=O) groups is 1. The number of nitrogens with two attached hydrogens (primary N) is 1. The second-order valence-electron chi connectivity index (χ2n) is 3.89. The molecule has 1 atom stereocenters. The summed E-state index contributed by atoms with van der Waals surface area (Å²) in [5.41, 5.74) is 7.43. The summed E-state index contributed by atoms with van der Waals surface area (Å²) in [4.78, 5) is 11.7. The normalized spacial score (nSPS) is 12.9. The van der Waals surface area contributed by atoms with E-state index < -0.39 is 6.04 Å². The first-order chi connectivity index (χ1) is 6.54. The molecule has 0 saturated heterocycles. The Morgan fingerprint density at radius 1 is 1.21 bits per heavy atom. The number of ketones is 1. The molecule has 0 aliphatic heterocycles. The number of hydrogen-bond donors (Lipinski definition) is 1. The number of rotatable bonds is 3. The Morgan fingerprint density at radius 2 is 1.79 bits per heavy atom. The molecule has 0 saturated carbocycles. The van der Waals surface area contributed by atoms with E-state index in [2.05, 4.69) is 13.8 Å². The fraction of sp³-hybridized carbons (Fsp3) is 0.417. The molecular weight excluding hydrogens is 174 g/mol. The zero-order chi connectivity index (χ0) is 10.7. The molecule has 2 nitrogen and oxygen atoms in total. The molecule has 1 aromatic rings. The van der Waals surface area contributed by atoms with E-state index in [0.29, 0.717) is 5.92 Å². The van der Waals surface area contributed by atoms with Crippen molar-refractivity contribution in [2.24, 2.45) is 5.73 Å². The third-order valence-corrected chi connectivity index (χ3v) is 2.26. The van der Waals surface area contributed by atoms with E-state index in [9.17, 15) is 4.79 Å². The van der Waals surface area contributed by atoms with E-state index in [4.69, 9.17) is 5.73 Å². The number of Topliss-reactive ketones (excluding diaryl/α,β-unsaturated/α-hetero) is 1. The van der Waals surface area contributed by atoms with Crippen LogP contribution in [0.1, 0.15) is 42.6 Å². The molecule has 0 heterocycles. The third kappa shape index (κ3) is 2.20. The van der Waals surface area contributed by atoms with Gasteiger partial charge in [-0.25, -0.2) is 0 Å². The van der Waals surface area contributed by atoms with Gasteiger partial charge in [-0.05, 0) is 18.4 Å². The van der Waals surface area contributed by atoms with Crippen LogP contribution in [0.2, 0.25) is 0 Å². The van der Waals surface area contributed by atoms with Gasteiger partial charge in [0.15, 0.2) is 5.78 Å². The van der Waals surface area contributed by atoms with Crippen molar-refractivity contribution in [1.82, 2.24) is 0 Å². The maximum atomic E-state index is 11.7. The minimum atomic E-state index is -0.421. The summed E-state index contributed by atoms with van der Waals surface area (Å²) >= 11 is 0. The predicted octanol–water partition coefficient (Wildman–Crippen LogP) is 2.34. The lowest BCUT2D eigenvalue weighted by atomic mass is 9.93. The molecule has 0 spiro atoms. The maximum absolute atomic E-state index is 11.7. The first kappa shape index (κ1) is 10.9. The molecule has 2 N–H and O–H groups in total. The van der Waals surface area contributed by atoms with Crippen molar-refractivity contribution in [2.75, 3.05) is 0 Å². The molecule has 0 bridgehead atoms. The van der Waals surface area contributed by atoms with Crippen LogP contribution in [0.5, 0.6) is 0 Å². The first-order valence-corrected chi connectivity index (χ1v) is 4.92. The Balaban J connectivity index is 3.13. The largest absolute Gasteiger partial charge is 0.321 e. The zero-order valence-electron chi connectivity index (χ0n) is 8.95. The summed E-state index contributed by atoms with van der Waals surface area (Å²) in [6.45, 7) is 5.88. The van der Waals surface area contributed by atoms with Crippen LogP contribution in [0.15, 0.2) is 24.3 Å². The van der Waals surface area contributed by atoms with Gasteiger partial charge < -0.3 is 5.73 Å². The Morgan fingerprint density at radius 3 is 2.29 bits per heavy atom. The average Bonchev–Trinajstić information content (AvgIpc) is 2.16. The van der Waals surface area contributed by atoms with E-state index in [1.165, 1.54) is 0 Å². The topological polar surface area (TPSA) is 43.1 Å². The van der Waals surface area contributed by atoms with Gasteiger partial charge in [-0.2, -0.15) is 0 Å². The van der Waals surface area contributed by atoms with Crippen LogP contribution in [-0.4, -0.2) is 11.8 Å². The Labute approximate surface area is 85.1 Å². The van der Waals surface area contributed by atoms with Crippen LogP contribution in [0.4, 0.5) is 0 Å². The minimum absolute atomic E-state index is 0.0225. The van der Waals surface area contributed by atoms with E-state index in [1.54, 1.807) is 6.92 Å². The van der Waals surface area contributed by atoms with Crippen LogP contribution in [0.25, 0.3) is 0 Å². The highest BCUT2D eigenvalue weighted by atomic mass is 16.1. The molecule has 0 aromatic heterocycles. The van der Waals surface area contributed by atoms with Gasteiger partial charge in [0.05, 0.1) is 6.04 Å². The molecule has 0 amide bonds. The quantitative estimate of drug-likeness (QED) is 0.745. The third-order valence-electron chi connectivity index (χ3n) is 2.26. The van der Waals surface area contributed by atoms with E-state index in [1.807, 2.05) is 24.3 Å². The molecule has 0 aliphatic carbocycles. The summed E-state index contributed by atoms with van der Waals surface area (Å²) in [5.74, 6) is 0.378. The van der Waals surface area contributed by atoms with Crippen LogP contribution < -0.4 is 5.73 Å². The molecule has 1 unspecified atom stereocenters. The van der Waals surface area contributed by atoms with Crippen molar-refractivity contribution < 1.29 is 4.79 Å². The fourth-order valence-electron chi connectivity index (χ4n) is 1.47. The monoisotopic (exact) mass is 191 g/mol. The second kappa shape index (κ2) is 4.38. The van der Waals surface area contributed by atoms with Gasteiger partial charge in [0, 0.05) is 5.56 Å². The van der Waals surface area contributed by atoms with Crippen LogP contribution in [0, 0.1) is 0 Å². The average molecular weight is 191 g/mol. The molecule has 2 heteroatoms. The molecule has 76 valence electrons. The van der Waals surface area contributed by atoms with Crippen LogP contribution >= 0.6 is 0 Å². The van der Waals surface area contributed by atoms with Crippen molar-refractivity contribution in [3.05, 3.63) is 35.4 Å². The molecule has 0 fully saturated rings. The molecule has 0 radical (unpaired) electrons. The SMILES string of the molecule is CC(N)C(=O)c1ccccc1C(C)C. The summed E-state index contributed by atoms with van der Waals surface area (Å²) in [6, 6.07) is 7.24. The second-order valence-corrected chi connectivity index (χ2v) is 3.89. The highest BCUT2D eigenvalue weighted by Gasteiger charge is 2.15. The van der Waals surface area contributed by atoms with Gasteiger partial charge in [0.25, 0.3) is 0 Å². The lowest BCUT2D eigenvalue weighted by molar-refractivity contribution is 0.0966. The lowest BCUT2D eigenvalue weighted by Gasteiger charge is -2.12. The highest BCUT2D eigenvalue weighted by Crippen LogP contribution is 2.19. The Bertz CT molecular complexity index is 329. The molecule has 14 heavy (non-hydrogen) atoms. The Kier molecular flexibility index (Phi) is 3.42. The maximum Gasteiger partial charge on any atom is 0.179 e. The molecule has 1 aromatic carbocycles. The van der Waals surface area contributed by atoms with Gasteiger partial charge in [0.2, 0.25) is 0 Å². The highest BCUT2D eigenvalue weighted by molar-refractivity contribution is 6.01. The summed E-state index contributed by atoms with van der Waals surface area (Å²) in [5, 5.41) is 0. The predicted molar refractivity (Wildman–Crippen MR) is 58.5 cm³/mol. The van der Waals surface area contributed by atoms with Gasteiger partial charge in [-0.15, -0.1) is 0 Å². The van der Waals surface area contributed by atoms with Crippen molar-refractivity contribution >= 4 is 5.78 Å². The summed E-state index contributed by atoms with van der Waals surface area (Å²) < 4.78 is 0. The fourth-order valence-corrected chi connectivity index (χ4v) is 1.47. The van der Waals surface area contributed by atoms with Crippen molar-refractivity contribution in [2.45, 2.75) is 32.7 Å². The van der Waals surface area contributed by atoms with Gasteiger partial charge >= 0.3 is 0 Å². The number of hydrogen-bond acceptors (Lipinski definition) is 2. The standard InChI is InChI=1S/C12H17NO/c1-8(2)10-6-4-5-7-11(10)12(14)9(3)13/h4-9H,13H2,1-3H3. The minimum Gasteiger partial charge on any atom is -0.321 e. The number of carbonyl (C=O) groups excluding carboxylic acids is 1. The van der Waals surface area contributed by atoms with E-state index in [-0.39, 0.29) is 5.78 Å². The molecule has 1 rings (SSSR count). The number of benzene rings is 1. The van der Waals surface area contributed by atoms with Crippen LogP contribution in [-0.2, 0) is 0 Å². The summed E-state index contributed by atoms with van der Waals surface area (Å²) in [7, 11) is 0. The lowest BCUT2D eigenvalue weighted by Crippen LogP contribution is -2.27. The Hall–Kier alpha value is -1.15. The first-order valence-electron chi connectivity index (χ1n) is 4.92. The van der Waals surface area contributed by atoms with E-state index in [0.717, 1.165) is 11.1 Å². The summed E-state index contributed by atoms with van der Waals surface area (Å²) in [6.07, 6.45) is 0. The van der Waals surface area contributed by atoms with E-state index >= 15 is 0 Å². The van der Waals surface area contributed by atoms with Crippen molar-refractivity contribution in [1.29, 1.82) is 0 Å². The van der Waals surface area contributed by atoms with Crippen molar-refractivity contribution in [3.8, 4) is 0 Å².